The van der Waals surface area contributed by atoms with E-state index in [2.05, 4.69) is 20.4 Å². The van der Waals surface area contributed by atoms with Crippen LogP contribution < -0.4 is 10.2 Å². The van der Waals surface area contributed by atoms with Crippen LogP contribution in [-0.4, -0.2) is 42.4 Å². The molecule has 0 atom stereocenters. The summed E-state index contributed by atoms with van der Waals surface area (Å²) in [6.07, 6.45) is 0. The second-order valence-corrected chi connectivity index (χ2v) is 5.72. The number of hydrogen-bond acceptors (Lipinski definition) is 4. The quantitative estimate of drug-likeness (QED) is 0.778. The molecule has 2 heterocycles. The third-order valence-corrected chi connectivity index (χ3v) is 4.19. The third kappa shape index (κ3) is 2.83. The molecule has 0 saturated carbocycles. The Labute approximate surface area is 139 Å². The van der Waals surface area contributed by atoms with Crippen molar-refractivity contribution in [2.45, 2.75) is 0 Å². The second kappa shape index (κ2) is 6.33. The van der Waals surface area contributed by atoms with Crippen molar-refractivity contribution >= 4 is 28.2 Å². The molecule has 0 spiro atoms. The summed E-state index contributed by atoms with van der Waals surface area (Å²) in [5.41, 5.74) is 3.15. The van der Waals surface area contributed by atoms with Crippen molar-refractivity contribution in [3.63, 3.8) is 0 Å². The second-order valence-electron chi connectivity index (χ2n) is 5.72. The number of morpholine rings is 1. The average molecular weight is 322 g/mol. The number of nitrogens with zero attached hydrogens (tertiary/aromatic N) is 2. The van der Waals surface area contributed by atoms with Gasteiger partial charge in [-0.2, -0.15) is 5.10 Å². The number of aromatic amines is 1. The first-order valence-corrected chi connectivity index (χ1v) is 7.98. The first kappa shape index (κ1) is 14.7. The highest BCUT2D eigenvalue weighted by Gasteiger charge is 2.15. The van der Waals surface area contributed by atoms with E-state index in [1.807, 2.05) is 48.5 Å². The molecular formula is C18H18N4O2. The summed E-state index contributed by atoms with van der Waals surface area (Å²) in [4.78, 5) is 14.7. The Morgan fingerprint density at radius 3 is 2.62 bits per heavy atom. The zero-order valence-electron chi connectivity index (χ0n) is 13.2. The largest absolute Gasteiger partial charge is 0.378 e. The SMILES string of the molecule is O=C(Nc1ccc(N2CCOCC2)cc1)c1n[nH]c2ccccc12. The summed E-state index contributed by atoms with van der Waals surface area (Å²) in [7, 11) is 0. The Morgan fingerprint density at radius 1 is 1.08 bits per heavy atom. The van der Waals surface area contributed by atoms with Gasteiger partial charge in [-0.25, -0.2) is 0 Å². The Hall–Kier alpha value is -2.86. The highest BCUT2D eigenvalue weighted by atomic mass is 16.5. The van der Waals surface area contributed by atoms with Crippen LogP contribution >= 0.6 is 0 Å². The summed E-state index contributed by atoms with van der Waals surface area (Å²) < 4.78 is 5.37. The van der Waals surface area contributed by atoms with E-state index in [9.17, 15) is 4.79 Å². The van der Waals surface area contributed by atoms with Crippen LogP contribution in [0.4, 0.5) is 11.4 Å². The van der Waals surface area contributed by atoms with Crippen LogP contribution in [0, 0.1) is 0 Å². The Kier molecular flexibility index (Phi) is 3.88. The molecule has 1 aromatic heterocycles. The lowest BCUT2D eigenvalue weighted by atomic mass is 10.2. The van der Waals surface area contributed by atoms with E-state index >= 15 is 0 Å². The summed E-state index contributed by atoms with van der Waals surface area (Å²) in [5, 5.41) is 10.7. The van der Waals surface area contributed by atoms with Crippen molar-refractivity contribution in [3.8, 4) is 0 Å². The van der Waals surface area contributed by atoms with Gasteiger partial charge in [0.15, 0.2) is 5.69 Å². The van der Waals surface area contributed by atoms with Crippen LogP contribution in [0.3, 0.4) is 0 Å². The van der Waals surface area contributed by atoms with Crippen LogP contribution in [0.5, 0.6) is 0 Å². The number of rotatable bonds is 3. The van der Waals surface area contributed by atoms with E-state index in [1.165, 1.54) is 0 Å². The number of carbonyl (C=O) groups is 1. The molecule has 1 aliphatic rings. The Morgan fingerprint density at radius 2 is 1.83 bits per heavy atom. The average Bonchev–Trinajstić information content (AvgIpc) is 3.07. The fourth-order valence-electron chi connectivity index (χ4n) is 2.90. The lowest BCUT2D eigenvalue weighted by Gasteiger charge is -2.28. The molecule has 0 bridgehead atoms. The fraction of sp³-hybridized carbons (Fsp3) is 0.222. The van der Waals surface area contributed by atoms with E-state index in [4.69, 9.17) is 4.74 Å². The number of benzene rings is 2. The van der Waals surface area contributed by atoms with Gasteiger partial charge in [0.05, 0.1) is 18.7 Å². The summed E-state index contributed by atoms with van der Waals surface area (Å²) in [6.45, 7) is 3.30. The molecule has 1 saturated heterocycles. The fourth-order valence-corrected chi connectivity index (χ4v) is 2.90. The maximum Gasteiger partial charge on any atom is 0.276 e. The summed E-state index contributed by atoms with van der Waals surface area (Å²) in [6, 6.07) is 15.5. The summed E-state index contributed by atoms with van der Waals surface area (Å²) in [5.74, 6) is -0.216. The van der Waals surface area contributed by atoms with Gasteiger partial charge in [0.25, 0.3) is 5.91 Å². The molecule has 24 heavy (non-hydrogen) atoms. The van der Waals surface area contributed by atoms with Gasteiger partial charge in [0, 0.05) is 29.9 Å². The van der Waals surface area contributed by atoms with Gasteiger partial charge in [0.2, 0.25) is 0 Å². The van der Waals surface area contributed by atoms with Crippen LogP contribution in [-0.2, 0) is 4.74 Å². The predicted octanol–water partition coefficient (Wildman–Crippen LogP) is 2.65. The summed E-state index contributed by atoms with van der Waals surface area (Å²) >= 11 is 0. The first-order valence-electron chi connectivity index (χ1n) is 7.98. The van der Waals surface area contributed by atoms with Crippen molar-refractivity contribution < 1.29 is 9.53 Å². The monoisotopic (exact) mass is 322 g/mol. The van der Waals surface area contributed by atoms with Crippen molar-refractivity contribution in [2.24, 2.45) is 0 Å². The van der Waals surface area contributed by atoms with Crippen molar-refractivity contribution in [2.75, 3.05) is 36.5 Å². The first-order chi connectivity index (χ1) is 11.8. The van der Waals surface area contributed by atoms with Gasteiger partial charge < -0.3 is 15.0 Å². The molecule has 1 fully saturated rings. The standard InChI is InChI=1S/C18H18N4O2/c23-18(17-15-3-1-2-4-16(15)20-21-17)19-13-5-7-14(8-6-13)22-9-11-24-12-10-22/h1-8H,9-12H2,(H,19,23)(H,20,21). The van der Waals surface area contributed by atoms with Gasteiger partial charge in [-0.3, -0.25) is 9.89 Å². The molecule has 1 aliphatic heterocycles. The topological polar surface area (TPSA) is 70.2 Å². The number of anilines is 2. The van der Waals surface area contributed by atoms with E-state index in [1.54, 1.807) is 0 Å². The van der Waals surface area contributed by atoms with Crippen LogP contribution in [0.25, 0.3) is 10.9 Å². The molecule has 0 aliphatic carbocycles. The lowest BCUT2D eigenvalue weighted by Crippen LogP contribution is -2.36. The van der Waals surface area contributed by atoms with E-state index in [-0.39, 0.29) is 5.91 Å². The van der Waals surface area contributed by atoms with Crippen molar-refractivity contribution in [1.29, 1.82) is 0 Å². The molecule has 2 aromatic carbocycles. The molecule has 0 unspecified atom stereocenters. The van der Waals surface area contributed by atoms with Crippen LogP contribution in [0.2, 0.25) is 0 Å². The third-order valence-electron chi connectivity index (χ3n) is 4.19. The number of para-hydroxylation sites is 1. The highest BCUT2D eigenvalue weighted by Crippen LogP contribution is 2.21. The van der Waals surface area contributed by atoms with E-state index in [0.717, 1.165) is 48.6 Å². The zero-order valence-corrected chi connectivity index (χ0v) is 13.2. The number of nitrogens with one attached hydrogen (secondary N) is 2. The van der Waals surface area contributed by atoms with Gasteiger partial charge >= 0.3 is 0 Å². The number of H-pyrrole nitrogens is 1. The van der Waals surface area contributed by atoms with Crippen LogP contribution in [0.15, 0.2) is 48.5 Å². The lowest BCUT2D eigenvalue weighted by molar-refractivity contribution is 0.102. The zero-order chi connectivity index (χ0) is 16.4. The molecule has 6 nitrogen and oxygen atoms in total. The van der Waals surface area contributed by atoms with Crippen molar-refractivity contribution in [1.82, 2.24) is 10.2 Å². The number of ether oxygens (including phenoxy) is 1. The Balaban J connectivity index is 1.49. The highest BCUT2D eigenvalue weighted by molar-refractivity contribution is 6.11. The van der Waals surface area contributed by atoms with Gasteiger partial charge in [-0.05, 0) is 30.3 Å². The van der Waals surface area contributed by atoms with E-state index < -0.39 is 0 Å². The molecule has 2 N–H and O–H groups in total. The number of aromatic nitrogens is 2. The molecule has 0 radical (unpaired) electrons. The molecule has 4 rings (SSSR count). The maximum absolute atomic E-state index is 12.5. The predicted molar refractivity (Wildman–Crippen MR) is 93.5 cm³/mol. The number of carbonyl (C=O) groups excluding carboxylic acids is 1. The van der Waals surface area contributed by atoms with E-state index in [0.29, 0.717) is 5.69 Å². The Bertz CT molecular complexity index is 851. The number of fused-ring (bicyclic) bond motifs is 1. The molecule has 122 valence electrons. The molecule has 1 amide bonds. The minimum atomic E-state index is -0.216. The molecule has 3 aromatic rings. The number of amides is 1. The van der Waals surface area contributed by atoms with Gasteiger partial charge in [-0.1, -0.05) is 18.2 Å². The van der Waals surface area contributed by atoms with Gasteiger partial charge in [0.1, 0.15) is 0 Å². The normalized spacial score (nSPS) is 14.8. The van der Waals surface area contributed by atoms with Crippen molar-refractivity contribution in [3.05, 3.63) is 54.2 Å². The maximum atomic E-state index is 12.5. The smallest absolute Gasteiger partial charge is 0.276 e. The number of hydrogen-bond donors (Lipinski definition) is 2. The minimum absolute atomic E-state index is 0.216. The van der Waals surface area contributed by atoms with Crippen LogP contribution in [0.1, 0.15) is 10.5 Å². The minimum Gasteiger partial charge on any atom is -0.378 e. The van der Waals surface area contributed by atoms with Gasteiger partial charge in [-0.15, -0.1) is 0 Å². The molecule has 6 heteroatoms. The molecular weight excluding hydrogens is 304 g/mol.